The molecular weight excluding hydrogens is 282 g/mol. The molecule has 0 saturated carbocycles. The van der Waals surface area contributed by atoms with E-state index < -0.39 is 0 Å². The van der Waals surface area contributed by atoms with Gasteiger partial charge >= 0.3 is 0 Å². The SMILES string of the molecule is Cc1cc(Cl)ccc1CN1CCNCC1c1ccncc1. The highest BCUT2D eigenvalue weighted by atomic mass is 35.5. The number of aromatic nitrogens is 1. The largest absolute Gasteiger partial charge is 0.314 e. The third-order valence-electron chi connectivity index (χ3n) is 4.12. The number of rotatable bonds is 3. The minimum absolute atomic E-state index is 0.400. The van der Waals surface area contributed by atoms with Gasteiger partial charge in [0, 0.05) is 49.6 Å². The fraction of sp³-hybridized carbons (Fsp3) is 0.353. The molecule has 1 aliphatic rings. The van der Waals surface area contributed by atoms with Gasteiger partial charge in [0.1, 0.15) is 0 Å². The topological polar surface area (TPSA) is 28.2 Å². The van der Waals surface area contributed by atoms with Gasteiger partial charge in [0.25, 0.3) is 0 Å². The third-order valence-corrected chi connectivity index (χ3v) is 4.36. The molecule has 3 nitrogen and oxygen atoms in total. The first-order valence-electron chi connectivity index (χ1n) is 7.34. The fourth-order valence-corrected chi connectivity index (χ4v) is 3.13. The summed E-state index contributed by atoms with van der Waals surface area (Å²) in [5.74, 6) is 0. The van der Waals surface area contributed by atoms with Gasteiger partial charge in [-0.25, -0.2) is 0 Å². The van der Waals surface area contributed by atoms with Crippen molar-refractivity contribution in [2.75, 3.05) is 19.6 Å². The van der Waals surface area contributed by atoms with Crippen LogP contribution in [-0.4, -0.2) is 29.5 Å². The zero-order valence-corrected chi connectivity index (χ0v) is 13.0. The Hall–Kier alpha value is -1.42. The molecule has 2 aromatic rings. The predicted molar refractivity (Wildman–Crippen MR) is 86.4 cm³/mol. The maximum Gasteiger partial charge on any atom is 0.0477 e. The Morgan fingerprint density at radius 2 is 2.10 bits per heavy atom. The van der Waals surface area contributed by atoms with E-state index in [1.807, 2.05) is 24.5 Å². The van der Waals surface area contributed by atoms with Gasteiger partial charge in [-0.1, -0.05) is 17.7 Å². The quantitative estimate of drug-likeness (QED) is 0.944. The summed E-state index contributed by atoms with van der Waals surface area (Å²) < 4.78 is 0. The van der Waals surface area contributed by atoms with Crippen molar-refractivity contribution < 1.29 is 0 Å². The molecule has 110 valence electrons. The highest BCUT2D eigenvalue weighted by Crippen LogP contribution is 2.25. The molecule has 0 radical (unpaired) electrons. The zero-order valence-electron chi connectivity index (χ0n) is 12.2. The number of benzene rings is 1. The van der Waals surface area contributed by atoms with Crippen LogP contribution in [0.15, 0.2) is 42.7 Å². The average Bonchev–Trinajstić information content (AvgIpc) is 2.51. The Morgan fingerprint density at radius 3 is 2.86 bits per heavy atom. The van der Waals surface area contributed by atoms with Crippen LogP contribution in [-0.2, 0) is 6.54 Å². The summed E-state index contributed by atoms with van der Waals surface area (Å²) >= 11 is 6.05. The predicted octanol–water partition coefficient (Wildman–Crippen LogP) is 3.19. The highest BCUT2D eigenvalue weighted by molar-refractivity contribution is 6.30. The van der Waals surface area contributed by atoms with Gasteiger partial charge < -0.3 is 5.32 Å². The summed E-state index contributed by atoms with van der Waals surface area (Å²) in [6.07, 6.45) is 3.74. The summed E-state index contributed by atoms with van der Waals surface area (Å²) in [6, 6.07) is 10.8. The molecule has 21 heavy (non-hydrogen) atoms. The van der Waals surface area contributed by atoms with E-state index in [-0.39, 0.29) is 0 Å². The second-order valence-corrected chi connectivity index (χ2v) is 5.98. The molecule has 1 aromatic heterocycles. The van der Waals surface area contributed by atoms with Crippen LogP contribution in [0.1, 0.15) is 22.7 Å². The summed E-state index contributed by atoms with van der Waals surface area (Å²) in [6.45, 7) is 6.16. The van der Waals surface area contributed by atoms with Gasteiger partial charge in [-0.05, 0) is 47.9 Å². The number of nitrogens with zero attached hydrogens (tertiary/aromatic N) is 2. The third kappa shape index (κ3) is 3.43. The lowest BCUT2D eigenvalue weighted by Crippen LogP contribution is -2.45. The van der Waals surface area contributed by atoms with Crippen molar-refractivity contribution in [1.82, 2.24) is 15.2 Å². The summed E-state index contributed by atoms with van der Waals surface area (Å²) in [4.78, 5) is 6.65. The summed E-state index contributed by atoms with van der Waals surface area (Å²) in [5.41, 5.74) is 3.93. The van der Waals surface area contributed by atoms with Crippen LogP contribution in [0.4, 0.5) is 0 Å². The molecule has 1 saturated heterocycles. The van der Waals surface area contributed by atoms with Crippen LogP contribution in [0.5, 0.6) is 0 Å². The molecule has 0 amide bonds. The maximum absolute atomic E-state index is 6.05. The zero-order chi connectivity index (χ0) is 14.7. The first-order chi connectivity index (χ1) is 10.2. The lowest BCUT2D eigenvalue weighted by Gasteiger charge is -2.36. The van der Waals surface area contributed by atoms with Gasteiger partial charge in [0.2, 0.25) is 0 Å². The summed E-state index contributed by atoms with van der Waals surface area (Å²) in [5, 5.41) is 4.30. The lowest BCUT2D eigenvalue weighted by molar-refractivity contribution is 0.153. The standard InChI is InChI=1S/C17H20ClN3/c1-13-10-16(18)3-2-15(13)12-21-9-8-20-11-17(21)14-4-6-19-7-5-14/h2-7,10,17,20H,8-9,11-12H2,1H3. The number of piperazine rings is 1. The molecule has 0 bridgehead atoms. The molecule has 0 spiro atoms. The van der Waals surface area contributed by atoms with Crippen LogP contribution >= 0.6 is 11.6 Å². The molecule has 1 unspecified atom stereocenters. The normalized spacial score (nSPS) is 19.6. The fourth-order valence-electron chi connectivity index (χ4n) is 2.91. The first-order valence-corrected chi connectivity index (χ1v) is 7.71. The van der Waals surface area contributed by atoms with Gasteiger partial charge in [0.15, 0.2) is 0 Å². The number of nitrogens with one attached hydrogen (secondary N) is 1. The molecule has 3 rings (SSSR count). The summed E-state index contributed by atoms with van der Waals surface area (Å²) in [7, 11) is 0. The molecular formula is C17H20ClN3. The monoisotopic (exact) mass is 301 g/mol. The van der Waals surface area contributed by atoms with Gasteiger partial charge in [-0.15, -0.1) is 0 Å². The van der Waals surface area contributed by atoms with Crippen molar-refractivity contribution in [3.8, 4) is 0 Å². The van der Waals surface area contributed by atoms with Crippen LogP contribution in [0, 0.1) is 6.92 Å². The van der Waals surface area contributed by atoms with Gasteiger partial charge in [-0.3, -0.25) is 9.88 Å². The lowest BCUT2D eigenvalue weighted by atomic mass is 10.0. The highest BCUT2D eigenvalue weighted by Gasteiger charge is 2.24. The van der Waals surface area contributed by atoms with Crippen LogP contribution < -0.4 is 5.32 Å². The molecule has 1 atom stereocenters. The van der Waals surface area contributed by atoms with E-state index in [0.717, 1.165) is 31.2 Å². The second-order valence-electron chi connectivity index (χ2n) is 5.54. The Morgan fingerprint density at radius 1 is 1.29 bits per heavy atom. The van der Waals surface area contributed by atoms with E-state index in [4.69, 9.17) is 11.6 Å². The van der Waals surface area contributed by atoms with Crippen molar-refractivity contribution >= 4 is 11.6 Å². The van der Waals surface area contributed by atoms with E-state index in [1.165, 1.54) is 16.7 Å². The molecule has 1 fully saturated rings. The number of hydrogen-bond acceptors (Lipinski definition) is 3. The number of hydrogen-bond donors (Lipinski definition) is 1. The molecule has 1 aromatic carbocycles. The van der Waals surface area contributed by atoms with E-state index >= 15 is 0 Å². The van der Waals surface area contributed by atoms with Crippen LogP contribution in [0.2, 0.25) is 5.02 Å². The Labute approximate surface area is 131 Å². The average molecular weight is 302 g/mol. The minimum atomic E-state index is 0.400. The molecule has 2 heterocycles. The number of pyridine rings is 1. The van der Waals surface area contributed by atoms with E-state index in [1.54, 1.807) is 0 Å². The van der Waals surface area contributed by atoms with E-state index in [0.29, 0.717) is 6.04 Å². The van der Waals surface area contributed by atoms with Crippen molar-refractivity contribution in [3.63, 3.8) is 0 Å². The number of halogens is 1. The van der Waals surface area contributed by atoms with Gasteiger partial charge in [-0.2, -0.15) is 0 Å². The van der Waals surface area contributed by atoms with Crippen molar-refractivity contribution in [2.24, 2.45) is 0 Å². The van der Waals surface area contributed by atoms with Crippen LogP contribution in [0.25, 0.3) is 0 Å². The minimum Gasteiger partial charge on any atom is -0.314 e. The number of aryl methyl sites for hydroxylation is 1. The van der Waals surface area contributed by atoms with Crippen molar-refractivity contribution in [3.05, 3.63) is 64.4 Å². The Bertz CT molecular complexity index is 600. The van der Waals surface area contributed by atoms with Crippen molar-refractivity contribution in [2.45, 2.75) is 19.5 Å². The maximum atomic E-state index is 6.05. The molecule has 4 heteroatoms. The van der Waals surface area contributed by atoms with E-state index in [9.17, 15) is 0 Å². The molecule has 1 aliphatic heterocycles. The first kappa shape index (κ1) is 14.5. The Balaban J connectivity index is 1.81. The van der Waals surface area contributed by atoms with Crippen LogP contribution in [0.3, 0.4) is 0 Å². The van der Waals surface area contributed by atoms with Crippen molar-refractivity contribution in [1.29, 1.82) is 0 Å². The van der Waals surface area contributed by atoms with E-state index in [2.05, 4.69) is 40.3 Å². The molecule has 1 N–H and O–H groups in total. The molecule has 0 aliphatic carbocycles. The smallest absolute Gasteiger partial charge is 0.0477 e. The Kier molecular flexibility index (Phi) is 4.54. The second kappa shape index (κ2) is 6.56. The van der Waals surface area contributed by atoms with Gasteiger partial charge in [0.05, 0.1) is 0 Å².